The average molecular weight is 650 g/mol. The topological polar surface area (TPSA) is 62.5 Å². The van der Waals surface area contributed by atoms with Gasteiger partial charge in [-0.3, -0.25) is 13.9 Å². The maximum atomic E-state index is 13.3. The van der Waals surface area contributed by atoms with E-state index in [1.165, 1.54) is 94.1 Å². The Balaban J connectivity index is 0.0000101. The number of unbranched alkanes of at least 4 members (excludes halogenated alkanes) is 13. The maximum Gasteiger partial charge on any atom is 0.333 e. The van der Waals surface area contributed by atoms with Gasteiger partial charge in [-0.2, -0.15) is 0 Å². The predicted octanol–water partition coefficient (Wildman–Crippen LogP) is 5.10. The lowest BCUT2D eigenvalue weighted by Crippen LogP contribution is -3.00. The largest absolute Gasteiger partial charge is 1.00 e. The fourth-order valence-electron chi connectivity index (χ4n) is 5.54. The van der Waals surface area contributed by atoms with Crippen molar-refractivity contribution in [3.05, 3.63) is 69.0 Å². The highest BCUT2D eigenvalue weighted by atomic mass is 35.5. The lowest BCUT2D eigenvalue weighted by Gasteiger charge is -2.25. The summed E-state index contributed by atoms with van der Waals surface area (Å²) in [5.41, 5.74) is 0.564. The van der Waals surface area contributed by atoms with E-state index in [1.807, 2.05) is 25.1 Å². The minimum atomic E-state index is -0.447. The zero-order chi connectivity index (χ0) is 32.0. The molecular formula is C37H64ClN3O4. The Morgan fingerprint density at radius 3 is 1.82 bits per heavy atom. The van der Waals surface area contributed by atoms with Gasteiger partial charge in [0.1, 0.15) is 6.23 Å². The number of nitrogens with zero attached hydrogens (tertiary/aromatic N) is 3. The first-order valence-corrected chi connectivity index (χ1v) is 17.6. The van der Waals surface area contributed by atoms with Crippen molar-refractivity contribution in [2.45, 2.75) is 142 Å². The highest BCUT2D eigenvalue weighted by Gasteiger charge is 2.19. The van der Waals surface area contributed by atoms with E-state index in [0.29, 0.717) is 37.2 Å². The highest BCUT2D eigenvalue weighted by molar-refractivity contribution is 5.13. The average Bonchev–Trinajstić information content (AvgIpc) is 3.00. The van der Waals surface area contributed by atoms with Crippen LogP contribution >= 0.6 is 0 Å². The number of quaternary nitrogens is 1. The van der Waals surface area contributed by atoms with Crippen LogP contribution in [0.25, 0.3) is 0 Å². The SMILES string of the molecule is CCCCCCCCCCCCCCCCC(COC(CC)n1ccc(=O)n(CC[N+](C)(C)C)c1=O)OCc1ccccc1.[Cl-]. The predicted molar refractivity (Wildman–Crippen MR) is 183 cm³/mol. The summed E-state index contributed by atoms with van der Waals surface area (Å²) in [7, 11) is 6.16. The number of halogens is 1. The normalized spacial score (nSPS) is 13.0. The highest BCUT2D eigenvalue weighted by Crippen LogP contribution is 2.18. The standard InChI is InChI=1S/C37H64N3O4.ClH/c1-6-8-9-10-11-12-13-14-15-16-17-18-19-23-26-34(43-31-33-24-21-20-22-25-33)32-44-36(7-2)39-28-27-35(41)38(37(39)42)29-30-40(3,4)5;/h20-22,24-25,27-28,34,36H,6-19,23,26,29-32H2,1-5H3;1H/q+1;/p-1. The summed E-state index contributed by atoms with van der Waals surface area (Å²) in [6, 6.07) is 11.7. The molecule has 1 aromatic carbocycles. The molecule has 0 fully saturated rings. The van der Waals surface area contributed by atoms with Crippen molar-refractivity contribution in [2.24, 2.45) is 0 Å². The van der Waals surface area contributed by atoms with Crippen molar-refractivity contribution < 1.29 is 26.4 Å². The number of benzene rings is 1. The van der Waals surface area contributed by atoms with Crippen molar-refractivity contribution in [1.29, 1.82) is 0 Å². The summed E-state index contributed by atoms with van der Waals surface area (Å²) < 4.78 is 16.3. The van der Waals surface area contributed by atoms with Gasteiger partial charge in [0.05, 0.1) is 53.6 Å². The van der Waals surface area contributed by atoms with Crippen LogP contribution in [0.15, 0.2) is 52.2 Å². The van der Waals surface area contributed by atoms with Gasteiger partial charge in [-0.05, 0) is 18.4 Å². The molecule has 0 N–H and O–H groups in total. The fourth-order valence-corrected chi connectivity index (χ4v) is 5.54. The number of hydrogen-bond donors (Lipinski definition) is 0. The second-order valence-corrected chi connectivity index (χ2v) is 13.5. The van der Waals surface area contributed by atoms with Gasteiger partial charge in [-0.1, -0.05) is 134 Å². The van der Waals surface area contributed by atoms with E-state index in [0.717, 1.165) is 18.4 Å². The summed E-state index contributed by atoms with van der Waals surface area (Å²) in [6.07, 6.45) is 21.4. The molecule has 0 saturated heterocycles. The van der Waals surface area contributed by atoms with E-state index in [9.17, 15) is 9.59 Å². The van der Waals surface area contributed by atoms with Gasteiger partial charge in [-0.25, -0.2) is 4.79 Å². The Kier molecular flexibility index (Phi) is 22.2. The molecule has 8 heteroatoms. The molecule has 45 heavy (non-hydrogen) atoms. The molecule has 2 aromatic rings. The first kappa shape index (κ1) is 41.1. The third-order valence-electron chi connectivity index (χ3n) is 8.43. The summed E-state index contributed by atoms with van der Waals surface area (Å²) in [5, 5.41) is 0. The van der Waals surface area contributed by atoms with E-state index in [-0.39, 0.29) is 29.8 Å². The minimum absolute atomic E-state index is 0. The maximum absolute atomic E-state index is 13.3. The second-order valence-electron chi connectivity index (χ2n) is 13.5. The van der Waals surface area contributed by atoms with E-state index < -0.39 is 6.23 Å². The Labute approximate surface area is 280 Å². The van der Waals surface area contributed by atoms with Crippen LogP contribution in [0.2, 0.25) is 0 Å². The fraction of sp³-hybridized carbons (Fsp3) is 0.730. The van der Waals surface area contributed by atoms with Crippen LogP contribution in [0.4, 0.5) is 0 Å². The van der Waals surface area contributed by atoms with Crippen LogP contribution in [0, 0.1) is 0 Å². The molecule has 0 amide bonds. The number of aromatic nitrogens is 2. The molecule has 0 saturated carbocycles. The van der Waals surface area contributed by atoms with Crippen molar-refractivity contribution in [2.75, 3.05) is 34.3 Å². The first-order valence-electron chi connectivity index (χ1n) is 17.6. The molecule has 258 valence electrons. The molecule has 1 aromatic heterocycles. The van der Waals surface area contributed by atoms with Gasteiger partial charge in [0.25, 0.3) is 5.56 Å². The zero-order valence-electron chi connectivity index (χ0n) is 29.2. The van der Waals surface area contributed by atoms with Crippen molar-refractivity contribution in [1.82, 2.24) is 9.13 Å². The van der Waals surface area contributed by atoms with Gasteiger partial charge in [0.2, 0.25) is 0 Å². The first-order chi connectivity index (χ1) is 21.2. The van der Waals surface area contributed by atoms with E-state index in [2.05, 4.69) is 40.2 Å². The van der Waals surface area contributed by atoms with Gasteiger partial charge < -0.3 is 26.4 Å². The Bertz CT molecular complexity index is 1110. The third-order valence-corrected chi connectivity index (χ3v) is 8.43. The zero-order valence-corrected chi connectivity index (χ0v) is 29.9. The number of rotatable bonds is 26. The minimum Gasteiger partial charge on any atom is -1.00 e. The van der Waals surface area contributed by atoms with E-state index >= 15 is 0 Å². The van der Waals surface area contributed by atoms with Crippen LogP contribution in [0.5, 0.6) is 0 Å². The van der Waals surface area contributed by atoms with Gasteiger partial charge >= 0.3 is 5.69 Å². The molecule has 7 nitrogen and oxygen atoms in total. The molecule has 2 unspecified atom stereocenters. The van der Waals surface area contributed by atoms with Crippen LogP contribution in [0.1, 0.15) is 128 Å². The lowest BCUT2D eigenvalue weighted by molar-refractivity contribution is -0.871. The van der Waals surface area contributed by atoms with Crippen molar-refractivity contribution >= 4 is 0 Å². The van der Waals surface area contributed by atoms with Crippen LogP contribution in [0.3, 0.4) is 0 Å². The number of hydrogen-bond acceptors (Lipinski definition) is 4. The molecule has 0 aliphatic carbocycles. The van der Waals surface area contributed by atoms with Crippen molar-refractivity contribution in [3.63, 3.8) is 0 Å². The van der Waals surface area contributed by atoms with Gasteiger partial charge in [0, 0.05) is 12.3 Å². The van der Waals surface area contributed by atoms with Gasteiger partial charge in [0.15, 0.2) is 0 Å². The number of likely N-dealkylation sites (N-methyl/N-ethyl adjacent to an activating group) is 1. The third kappa shape index (κ3) is 18.1. The Morgan fingerprint density at radius 2 is 1.29 bits per heavy atom. The molecule has 0 bridgehead atoms. The quantitative estimate of drug-likeness (QED) is 0.105. The second kappa shape index (κ2) is 24.3. The number of ether oxygens (including phenoxy) is 2. The molecule has 0 spiro atoms. The van der Waals surface area contributed by atoms with Crippen molar-refractivity contribution in [3.8, 4) is 0 Å². The summed E-state index contributed by atoms with van der Waals surface area (Å²) in [6.45, 7) is 6.30. The van der Waals surface area contributed by atoms with Crippen LogP contribution in [-0.4, -0.2) is 54.0 Å². The summed E-state index contributed by atoms with van der Waals surface area (Å²) >= 11 is 0. The van der Waals surface area contributed by atoms with E-state index in [4.69, 9.17) is 9.47 Å². The van der Waals surface area contributed by atoms with Crippen LogP contribution in [-0.2, 0) is 22.6 Å². The monoisotopic (exact) mass is 649 g/mol. The summed E-state index contributed by atoms with van der Waals surface area (Å²) in [5.74, 6) is 0. The van der Waals surface area contributed by atoms with Gasteiger partial charge in [-0.15, -0.1) is 0 Å². The summed E-state index contributed by atoms with van der Waals surface area (Å²) in [4.78, 5) is 25.8. The molecule has 0 aliphatic heterocycles. The molecule has 2 atom stereocenters. The molecule has 0 aliphatic rings. The molecule has 1 heterocycles. The molecular weight excluding hydrogens is 586 g/mol. The molecule has 2 rings (SSSR count). The Morgan fingerprint density at radius 1 is 0.733 bits per heavy atom. The van der Waals surface area contributed by atoms with E-state index in [1.54, 1.807) is 10.8 Å². The lowest BCUT2D eigenvalue weighted by atomic mass is 10.0. The Hall–Kier alpha value is -1.93. The molecule has 0 radical (unpaired) electrons. The van der Waals surface area contributed by atoms with Crippen LogP contribution < -0.4 is 23.7 Å². The smallest absolute Gasteiger partial charge is 0.333 e.